The minimum Gasteiger partial charge on any atom is -0.394 e. The normalized spacial score (nSPS) is 20.1. The zero-order valence-electron chi connectivity index (χ0n) is 11.0. The number of anilines is 2. The Kier molecular flexibility index (Phi) is 3.45. The summed E-state index contributed by atoms with van der Waals surface area (Å²) in [6.07, 6.45) is 2.64. The number of aryl methyl sites for hydroxylation is 2. The van der Waals surface area contributed by atoms with Crippen molar-refractivity contribution in [1.82, 2.24) is 9.78 Å². The van der Waals surface area contributed by atoms with Crippen LogP contribution in [0.3, 0.4) is 0 Å². The number of aromatic nitrogens is 2. The van der Waals surface area contributed by atoms with Crippen molar-refractivity contribution >= 4 is 17.4 Å². The molecule has 4 N–H and O–H groups in total. The molecule has 1 amide bonds. The smallest absolute Gasteiger partial charge is 0.222 e. The molecule has 1 aromatic rings. The summed E-state index contributed by atoms with van der Waals surface area (Å²) in [5.41, 5.74) is 13.2. The number of nitrogens with two attached hydrogens (primary N) is 2. The van der Waals surface area contributed by atoms with Gasteiger partial charge in [-0.25, -0.2) is 0 Å². The van der Waals surface area contributed by atoms with Gasteiger partial charge in [0, 0.05) is 20.1 Å². The van der Waals surface area contributed by atoms with Crippen molar-refractivity contribution in [2.24, 2.45) is 18.7 Å². The Morgan fingerprint density at radius 1 is 1.56 bits per heavy atom. The molecule has 1 atom stereocenters. The van der Waals surface area contributed by atoms with E-state index in [0.717, 1.165) is 43.0 Å². The van der Waals surface area contributed by atoms with Gasteiger partial charge in [0.15, 0.2) is 0 Å². The Hall–Kier alpha value is -1.72. The van der Waals surface area contributed by atoms with Crippen LogP contribution in [0.4, 0.5) is 11.5 Å². The number of primary amides is 1. The molecule has 6 nitrogen and oxygen atoms in total. The van der Waals surface area contributed by atoms with Crippen LogP contribution in [0.25, 0.3) is 0 Å². The molecule has 2 heterocycles. The zero-order valence-corrected chi connectivity index (χ0v) is 11.0. The summed E-state index contributed by atoms with van der Waals surface area (Å²) >= 11 is 0. The highest BCUT2D eigenvalue weighted by molar-refractivity contribution is 5.78. The summed E-state index contributed by atoms with van der Waals surface area (Å²) in [5, 5.41) is 4.41. The second-order valence-corrected chi connectivity index (χ2v) is 4.85. The minimum absolute atomic E-state index is 0.0851. The first-order valence-electron chi connectivity index (χ1n) is 6.40. The third-order valence-corrected chi connectivity index (χ3v) is 3.59. The summed E-state index contributed by atoms with van der Waals surface area (Å²) in [6.45, 7) is 3.57. The molecule has 100 valence electrons. The lowest BCUT2D eigenvalue weighted by molar-refractivity contribution is -0.122. The van der Waals surface area contributed by atoms with Gasteiger partial charge in [-0.1, -0.05) is 6.92 Å². The Labute approximate surface area is 107 Å². The van der Waals surface area contributed by atoms with Crippen LogP contribution in [0, 0.1) is 5.92 Å². The largest absolute Gasteiger partial charge is 0.394 e. The van der Waals surface area contributed by atoms with Crippen LogP contribution < -0.4 is 16.4 Å². The van der Waals surface area contributed by atoms with E-state index in [1.165, 1.54) is 0 Å². The van der Waals surface area contributed by atoms with E-state index in [2.05, 4.69) is 10.00 Å². The first-order chi connectivity index (χ1) is 8.54. The number of carbonyl (C=O) groups excluding carboxylic acids is 1. The van der Waals surface area contributed by atoms with Crippen molar-refractivity contribution in [3.63, 3.8) is 0 Å². The maximum absolute atomic E-state index is 11.3. The fourth-order valence-corrected chi connectivity index (χ4v) is 2.62. The first kappa shape index (κ1) is 12.7. The maximum atomic E-state index is 11.3. The molecule has 1 aliphatic heterocycles. The number of amides is 1. The number of piperidine rings is 1. The number of hydrogen-bond donors (Lipinski definition) is 2. The van der Waals surface area contributed by atoms with Crippen LogP contribution in [-0.4, -0.2) is 28.8 Å². The van der Waals surface area contributed by atoms with Crippen molar-refractivity contribution in [1.29, 1.82) is 0 Å². The molecule has 1 unspecified atom stereocenters. The summed E-state index contributed by atoms with van der Waals surface area (Å²) < 4.78 is 1.80. The molecule has 6 heteroatoms. The molecule has 1 aliphatic rings. The highest BCUT2D eigenvalue weighted by Crippen LogP contribution is 2.30. The van der Waals surface area contributed by atoms with E-state index in [9.17, 15) is 4.79 Å². The number of carbonyl (C=O) groups is 1. The standard InChI is InChI=1S/C12H21N5O/c1-3-9-10(13)12(16(2)15-9)17-6-4-5-8(7-17)11(14)18/h8H,3-7,13H2,1-2H3,(H2,14,18). The quantitative estimate of drug-likeness (QED) is 0.806. The zero-order chi connectivity index (χ0) is 13.3. The van der Waals surface area contributed by atoms with Gasteiger partial charge in [0.1, 0.15) is 5.82 Å². The topological polar surface area (TPSA) is 90.2 Å². The predicted octanol–water partition coefficient (Wildman–Crippen LogP) is 0.266. The van der Waals surface area contributed by atoms with Gasteiger partial charge in [-0.05, 0) is 19.3 Å². The van der Waals surface area contributed by atoms with Crippen LogP contribution in [-0.2, 0) is 18.3 Å². The fourth-order valence-electron chi connectivity index (χ4n) is 2.62. The van der Waals surface area contributed by atoms with Crippen molar-refractivity contribution in [2.75, 3.05) is 23.7 Å². The van der Waals surface area contributed by atoms with Gasteiger partial charge in [0.2, 0.25) is 5.91 Å². The van der Waals surface area contributed by atoms with Crippen LogP contribution in [0.1, 0.15) is 25.5 Å². The SMILES string of the molecule is CCc1nn(C)c(N2CCCC(C(N)=O)C2)c1N. The predicted molar refractivity (Wildman–Crippen MR) is 71.1 cm³/mol. The summed E-state index contributed by atoms with van der Waals surface area (Å²) in [5.74, 6) is 0.604. The van der Waals surface area contributed by atoms with E-state index < -0.39 is 0 Å². The molecule has 1 saturated heterocycles. The number of nitrogen functional groups attached to an aromatic ring is 1. The third kappa shape index (κ3) is 2.14. The van der Waals surface area contributed by atoms with Crippen LogP contribution in [0.2, 0.25) is 0 Å². The lowest BCUT2D eigenvalue weighted by Crippen LogP contribution is -2.42. The molecule has 0 bridgehead atoms. The monoisotopic (exact) mass is 251 g/mol. The van der Waals surface area contributed by atoms with Gasteiger partial charge in [0.05, 0.1) is 17.3 Å². The van der Waals surface area contributed by atoms with Crippen molar-refractivity contribution in [2.45, 2.75) is 26.2 Å². The number of hydrogen-bond acceptors (Lipinski definition) is 4. The Bertz CT molecular complexity index is 454. The van der Waals surface area contributed by atoms with Crippen molar-refractivity contribution in [3.8, 4) is 0 Å². The van der Waals surface area contributed by atoms with E-state index in [1.807, 2.05) is 14.0 Å². The highest BCUT2D eigenvalue weighted by atomic mass is 16.1. The fraction of sp³-hybridized carbons (Fsp3) is 0.667. The van der Waals surface area contributed by atoms with Crippen LogP contribution in [0.15, 0.2) is 0 Å². The second-order valence-electron chi connectivity index (χ2n) is 4.85. The lowest BCUT2D eigenvalue weighted by atomic mass is 9.97. The molecule has 0 aliphatic carbocycles. The molecule has 1 aromatic heterocycles. The van der Waals surface area contributed by atoms with Gasteiger partial charge in [-0.2, -0.15) is 5.10 Å². The minimum atomic E-state index is -0.226. The third-order valence-electron chi connectivity index (χ3n) is 3.59. The molecular weight excluding hydrogens is 230 g/mol. The van der Waals surface area contributed by atoms with Crippen molar-refractivity contribution in [3.05, 3.63) is 5.69 Å². The van der Waals surface area contributed by atoms with E-state index in [-0.39, 0.29) is 11.8 Å². The van der Waals surface area contributed by atoms with E-state index in [4.69, 9.17) is 11.5 Å². The first-order valence-corrected chi connectivity index (χ1v) is 6.40. The second kappa shape index (κ2) is 4.88. The van der Waals surface area contributed by atoms with E-state index in [1.54, 1.807) is 4.68 Å². The molecule has 0 spiro atoms. The lowest BCUT2D eigenvalue weighted by Gasteiger charge is -2.32. The van der Waals surface area contributed by atoms with E-state index >= 15 is 0 Å². The van der Waals surface area contributed by atoms with Gasteiger partial charge in [-0.3, -0.25) is 9.48 Å². The molecule has 0 saturated carbocycles. The summed E-state index contributed by atoms with van der Waals surface area (Å²) in [6, 6.07) is 0. The molecule has 2 rings (SSSR count). The summed E-state index contributed by atoms with van der Waals surface area (Å²) in [7, 11) is 1.89. The maximum Gasteiger partial charge on any atom is 0.222 e. The average molecular weight is 251 g/mol. The van der Waals surface area contributed by atoms with Crippen LogP contribution >= 0.6 is 0 Å². The van der Waals surface area contributed by atoms with E-state index in [0.29, 0.717) is 6.54 Å². The van der Waals surface area contributed by atoms with Gasteiger partial charge >= 0.3 is 0 Å². The van der Waals surface area contributed by atoms with Gasteiger partial charge in [-0.15, -0.1) is 0 Å². The van der Waals surface area contributed by atoms with Crippen molar-refractivity contribution < 1.29 is 4.79 Å². The Morgan fingerprint density at radius 2 is 2.28 bits per heavy atom. The molecule has 1 fully saturated rings. The Morgan fingerprint density at radius 3 is 2.83 bits per heavy atom. The molecule has 0 aromatic carbocycles. The number of rotatable bonds is 3. The van der Waals surface area contributed by atoms with Crippen LogP contribution in [0.5, 0.6) is 0 Å². The van der Waals surface area contributed by atoms with Gasteiger partial charge in [0.25, 0.3) is 0 Å². The molecule has 0 radical (unpaired) electrons. The number of nitrogens with zero attached hydrogens (tertiary/aromatic N) is 3. The molecular formula is C12H21N5O. The average Bonchev–Trinajstić information content (AvgIpc) is 2.64. The highest BCUT2D eigenvalue weighted by Gasteiger charge is 2.27. The summed E-state index contributed by atoms with van der Waals surface area (Å²) in [4.78, 5) is 13.4. The van der Waals surface area contributed by atoms with Gasteiger partial charge < -0.3 is 16.4 Å². The molecule has 18 heavy (non-hydrogen) atoms. The Balaban J connectivity index is 2.26.